The van der Waals surface area contributed by atoms with Crippen molar-refractivity contribution in [2.75, 3.05) is 13.1 Å². The van der Waals surface area contributed by atoms with E-state index in [-0.39, 0.29) is 24.0 Å². The van der Waals surface area contributed by atoms with Gasteiger partial charge in [-0.1, -0.05) is 12.8 Å². The van der Waals surface area contributed by atoms with Crippen molar-refractivity contribution in [1.82, 2.24) is 20.2 Å². The van der Waals surface area contributed by atoms with Crippen LogP contribution in [0.5, 0.6) is 0 Å². The van der Waals surface area contributed by atoms with Crippen molar-refractivity contribution in [3.8, 4) is 0 Å². The molecule has 1 saturated carbocycles. The van der Waals surface area contributed by atoms with Crippen LogP contribution < -0.4 is 16.3 Å². The van der Waals surface area contributed by atoms with E-state index in [0.717, 1.165) is 36.8 Å². The van der Waals surface area contributed by atoms with Gasteiger partial charge in [0.05, 0.1) is 11.0 Å². The molecule has 4 rings (SSSR count). The minimum atomic E-state index is -0.0833. The van der Waals surface area contributed by atoms with Gasteiger partial charge in [0.1, 0.15) is 0 Å². The number of hydrogen-bond donors (Lipinski definition) is 3. The van der Waals surface area contributed by atoms with Crippen LogP contribution in [0.1, 0.15) is 54.9 Å². The summed E-state index contributed by atoms with van der Waals surface area (Å²) in [6.07, 6.45) is 6.76. The molecule has 0 spiro atoms. The highest BCUT2D eigenvalue weighted by atomic mass is 35.5. The third kappa shape index (κ3) is 3.60. The van der Waals surface area contributed by atoms with Crippen LogP contribution in [0.15, 0.2) is 23.0 Å². The van der Waals surface area contributed by atoms with Gasteiger partial charge in [-0.15, -0.1) is 12.4 Å². The molecule has 1 aromatic carbocycles. The van der Waals surface area contributed by atoms with Crippen molar-refractivity contribution in [1.29, 1.82) is 0 Å². The first-order valence-electron chi connectivity index (χ1n) is 8.98. The number of nitrogens with zero attached hydrogens (tertiary/aromatic N) is 1. The summed E-state index contributed by atoms with van der Waals surface area (Å²) in [7, 11) is 0. The number of hydrogen-bond acceptors (Lipinski definition) is 3. The van der Waals surface area contributed by atoms with Gasteiger partial charge in [0.25, 0.3) is 5.91 Å². The molecule has 2 aliphatic rings. The van der Waals surface area contributed by atoms with Crippen molar-refractivity contribution in [2.24, 2.45) is 0 Å². The van der Waals surface area contributed by atoms with Crippen molar-refractivity contribution in [2.45, 2.75) is 50.6 Å². The second-order valence-corrected chi connectivity index (χ2v) is 6.97. The summed E-state index contributed by atoms with van der Waals surface area (Å²) >= 11 is 0. The molecule has 0 bridgehead atoms. The SMILES string of the molecule is Cl.O=C(NCC1CCCN1)c1ccc2c(c1)[nH]c(=O)n2C1CCCC1. The van der Waals surface area contributed by atoms with Gasteiger partial charge in [-0.05, 0) is 50.4 Å². The molecule has 3 N–H and O–H groups in total. The average Bonchev–Trinajstić information content (AvgIpc) is 3.31. The summed E-state index contributed by atoms with van der Waals surface area (Å²) in [6.45, 7) is 1.68. The maximum absolute atomic E-state index is 12.4. The van der Waals surface area contributed by atoms with E-state index in [1.165, 1.54) is 19.3 Å². The van der Waals surface area contributed by atoms with Crippen LogP contribution in [-0.4, -0.2) is 34.6 Å². The second kappa shape index (κ2) is 7.62. The van der Waals surface area contributed by atoms with Gasteiger partial charge >= 0.3 is 5.69 Å². The summed E-state index contributed by atoms with van der Waals surface area (Å²) in [5.74, 6) is -0.0833. The first kappa shape index (κ1) is 18.0. The molecular formula is C18H25ClN4O2. The van der Waals surface area contributed by atoms with Crippen LogP contribution in [0.3, 0.4) is 0 Å². The van der Waals surface area contributed by atoms with E-state index in [9.17, 15) is 9.59 Å². The van der Waals surface area contributed by atoms with E-state index in [4.69, 9.17) is 0 Å². The Morgan fingerprint density at radius 2 is 2.00 bits per heavy atom. The lowest BCUT2D eigenvalue weighted by molar-refractivity contribution is 0.0950. The molecule has 1 aromatic heterocycles. The Balaban J connectivity index is 0.00000182. The van der Waals surface area contributed by atoms with Gasteiger partial charge in [-0.25, -0.2) is 4.79 Å². The zero-order valence-electron chi connectivity index (χ0n) is 14.2. The molecule has 1 atom stereocenters. The maximum atomic E-state index is 12.4. The smallest absolute Gasteiger partial charge is 0.326 e. The molecule has 6 nitrogen and oxygen atoms in total. The largest absolute Gasteiger partial charge is 0.350 e. The minimum Gasteiger partial charge on any atom is -0.350 e. The minimum absolute atomic E-state index is 0. The highest BCUT2D eigenvalue weighted by molar-refractivity contribution is 5.97. The number of nitrogens with one attached hydrogen (secondary N) is 3. The molecule has 1 saturated heterocycles. The number of aromatic amines is 1. The summed E-state index contributed by atoms with van der Waals surface area (Å²) in [5, 5.41) is 6.35. The van der Waals surface area contributed by atoms with Gasteiger partial charge in [0, 0.05) is 24.2 Å². The van der Waals surface area contributed by atoms with Gasteiger partial charge in [0.2, 0.25) is 0 Å². The highest BCUT2D eigenvalue weighted by Crippen LogP contribution is 2.30. The normalized spacial score (nSPS) is 20.7. The Kier molecular flexibility index (Phi) is 5.49. The number of fused-ring (bicyclic) bond motifs is 1. The number of benzene rings is 1. The van der Waals surface area contributed by atoms with Gasteiger partial charge in [-0.2, -0.15) is 0 Å². The summed E-state index contributed by atoms with van der Waals surface area (Å²) in [5.41, 5.74) is 2.18. The van der Waals surface area contributed by atoms with Crippen molar-refractivity contribution in [3.63, 3.8) is 0 Å². The molecule has 1 aliphatic heterocycles. The fourth-order valence-corrected chi connectivity index (χ4v) is 4.05. The molecule has 1 unspecified atom stereocenters. The fourth-order valence-electron chi connectivity index (χ4n) is 4.05. The predicted octanol–water partition coefficient (Wildman–Crippen LogP) is 2.35. The predicted molar refractivity (Wildman–Crippen MR) is 101 cm³/mol. The average molecular weight is 365 g/mol. The number of rotatable bonds is 4. The third-order valence-corrected chi connectivity index (χ3v) is 5.34. The van der Waals surface area contributed by atoms with E-state index in [1.807, 2.05) is 16.7 Å². The quantitative estimate of drug-likeness (QED) is 0.779. The third-order valence-electron chi connectivity index (χ3n) is 5.34. The van der Waals surface area contributed by atoms with Crippen LogP contribution in [0.25, 0.3) is 11.0 Å². The summed E-state index contributed by atoms with van der Waals surface area (Å²) < 4.78 is 1.87. The lowest BCUT2D eigenvalue weighted by Gasteiger charge is -2.12. The molecule has 25 heavy (non-hydrogen) atoms. The van der Waals surface area contributed by atoms with E-state index in [2.05, 4.69) is 15.6 Å². The van der Waals surface area contributed by atoms with E-state index in [0.29, 0.717) is 24.2 Å². The summed E-state index contributed by atoms with van der Waals surface area (Å²) in [6, 6.07) is 6.17. The Morgan fingerprint density at radius 1 is 1.20 bits per heavy atom. The van der Waals surface area contributed by atoms with Crippen molar-refractivity contribution >= 4 is 29.3 Å². The van der Waals surface area contributed by atoms with Crippen LogP contribution in [0, 0.1) is 0 Å². The zero-order valence-corrected chi connectivity index (χ0v) is 15.0. The van der Waals surface area contributed by atoms with Crippen LogP contribution in [0.4, 0.5) is 0 Å². The number of carbonyl (C=O) groups is 1. The van der Waals surface area contributed by atoms with Gasteiger partial charge < -0.3 is 15.6 Å². The number of amides is 1. The van der Waals surface area contributed by atoms with Gasteiger partial charge in [-0.3, -0.25) is 9.36 Å². The molecule has 7 heteroatoms. The lowest BCUT2D eigenvalue weighted by Crippen LogP contribution is -2.37. The lowest BCUT2D eigenvalue weighted by atomic mass is 10.1. The van der Waals surface area contributed by atoms with E-state index in [1.54, 1.807) is 6.07 Å². The number of imidazole rings is 1. The summed E-state index contributed by atoms with van der Waals surface area (Å²) in [4.78, 5) is 27.6. The fraction of sp³-hybridized carbons (Fsp3) is 0.556. The Bertz CT molecular complexity index is 801. The monoisotopic (exact) mass is 364 g/mol. The maximum Gasteiger partial charge on any atom is 0.326 e. The first-order chi connectivity index (χ1) is 11.7. The standard InChI is InChI=1S/C18H24N4O2.ClH/c23-17(20-11-13-4-3-9-19-13)12-7-8-16-15(10-12)21-18(24)22(16)14-5-1-2-6-14;/h7-8,10,13-14,19H,1-6,9,11H2,(H,20,23)(H,21,24);1H. The van der Waals surface area contributed by atoms with E-state index >= 15 is 0 Å². The van der Waals surface area contributed by atoms with Crippen LogP contribution in [-0.2, 0) is 0 Å². The van der Waals surface area contributed by atoms with Crippen LogP contribution in [0.2, 0.25) is 0 Å². The topological polar surface area (TPSA) is 78.9 Å². The Hall–Kier alpha value is -1.79. The first-order valence-corrected chi connectivity index (χ1v) is 8.98. The molecule has 136 valence electrons. The van der Waals surface area contributed by atoms with Gasteiger partial charge in [0.15, 0.2) is 0 Å². The second-order valence-electron chi connectivity index (χ2n) is 6.97. The molecule has 2 fully saturated rings. The highest BCUT2D eigenvalue weighted by Gasteiger charge is 2.22. The number of H-pyrrole nitrogens is 1. The molecule has 2 heterocycles. The molecule has 1 amide bonds. The zero-order chi connectivity index (χ0) is 16.5. The van der Waals surface area contributed by atoms with Crippen molar-refractivity contribution in [3.05, 3.63) is 34.2 Å². The number of halogens is 1. The molecule has 0 radical (unpaired) electrons. The molecule has 2 aromatic rings. The number of aromatic nitrogens is 2. The number of carbonyl (C=O) groups excluding carboxylic acids is 1. The van der Waals surface area contributed by atoms with Crippen molar-refractivity contribution < 1.29 is 4.79 Å². The van der Waals surface area contributed by atoms with Crippen LogP contribution >= 0.6 is 12.4 Å². The Labute approximate surface area is 152 Å². The molecule has 1 aliphatic carbocycles. The molecular weight excluding hydrogens is 340 g/mol. The Morgan fingerprint density at radius 3 is 2.72 bits per heavy atom. The van der Waals surface area contributed by atoms with E-state index < -0.39 is 0 Å².